The van der Waals surface area contributed by atoms with Gasteiger partial charge in [-0.1, -0.05) is 45.0 Å². The molecule has 0 unspecified atom stereocenters. The van der Waals surface area contributed by atoms with Crippen LogP contribution in [-0.2, 0) is 14.8 Å². The van der Waals surface area contributed by atoms with Crippen molar-refractivity contribution in [1.29, 1.82) is 0 Å². The van der Waals surface area contributed by atoms with Gasteiger partial charge in [0, 0.05) is 0 Å². The van der Waals surface area contributed by atoms with E-state index in [4.69, 9.17) is 0 Å². The van der Waals surface area contributed by atoms with Crippen molar-refractivity contribution in [2.24, 2.45) is 16.7 Å². The maximum Gasteiger partial charge on any atom is 0.264 e. The zero-order valence-corrected chi connectivity index (χ0v) is 13.4. The second kappa shape index (κ2) is 4.98. The third-order valence-corrected chi connectivity index (χ3v) is 5.67. The van der Waals surface area contributed by atoms with Crippen molar-refractivity contribution in [1.82, 2.24) is 4.72 Å². The van der Waals surface area contributed by atoms with Crippen molar-refractivity contribution >= 4 is 15.9 Å². The predicted molar refractivity (Wildman–Crippen MR) is 82.0 cm³/mol. The Morgan fingerprint density at radius 2 is 1.90 bits per heavy atom. The topological polar surface area (TPSA) is 63.2 Å². The molecule has 1 saturated carbocycles. The lowest BCUT2D eigenvalue weighted by Crippen LogP contribution is -2.43. The number of rotatable bonds is 4. The largest absolute Gasteiger partial charge is 0.273 e. The summed E-state index contributed by atoms with van der Waals surface area (Å²) in [7, 11) is -3.83. The molecule has 1 aromatic carbocycles. The van der Waals surface area contributed by atoms with E-state index < -0.39 is 21.3 Å². The van der Waals surface area contributed by atoms with Crippen molar-refractivity contribution in [3.05, 3.63) is 43.0 Å². The summed E-state index contributed by atoms with van der Waals surface area (Å²) >= 11 is 0. The summed E-state index contributed by atoms with van der Waals surface area (Å²) in [6.07, 6.45) is 2.37. The van der Waals surface area contributed by atoms with Crippen LogP contribution in [0.1, 0.15) is 27.2 Å². The van der Waals surface area contributed by atoms with Gasteiger partial charge in [0.2, 0.25) is 5.91 Å². The van der Waals surface area contributed by atoms with Gasteiger partial charge in [-0.25, -0.2) is 13.1 Å². The van der Waals surface area contributed by atoms with Crippen LogP contribution in [0.5, 0.6) is 0 Å². The van der Waals surface area contributed by atoms with E-state index in [1.807, 2.05) is 20.8 Å². The monoisotopic (exact) mass is 307 g/mol. The highest BCUT2D eigenvalue weighted by molar-refractivity contribution is 7.90. The number of allylic oxidation sites excluding steroid dienone is 1. The Morgan fingerprint density at radius 3 is 2.33 bits per heavy atom. The average molecular weight is 307 g/mol. The molecule has 0 saturated heterocycles. The number of sulfonamides is 1. The molecule has 0 aromatic heterocycles. The molecule has 21 heavy (non-hydrogen) atoms. The Labute approximate surface area is 126 Å². The molecule has 4 nitrogen and oxygen atoms in total. The first-order chi connectivity index (χ1) is 9.65. The molecular formula is C16H21NO3S. The van der Waals surface area contributed by atoms with Gasteiger partial charge < -0.3 is 0 Å². The molecule has 1 aliphatic carbocycles. The van der Waals surface area contributed by atoms with Crippen LogP contribution < -0.4 is 4.72 Å². The van der Waals surface area contributed by atoms with Crippen molar-refractivity contribution in [2.45, 2.75) is 32.1 Å². The normalized spacial score (nSPS) is 25.2. The Morgan fingerprint density at radius 1 is 1.33 bits per heavy atom. The van der Waals surface area contributed by atoms with Crippen LogP contribution in [0.25, 0.3) is 0 Å². The lowest BCUT2D eigenvalue weighted by atomic mass is 9.75. The zero-order chi connectivity index (χ0) is 15.9. The minimum atomic E-state index is -3.83. The minimum absolute atomic E-state index is 0.0171. The molecule has 1 N–H and O–H groups in total. The second-order valence-corrected chi connectivity index (χ2v) is 8.20. The molecule has 1 aliphatic rings. The van der Waals surface area contributed by atoms with Gasteiger partial charge in [0.05, 0.1) is 10.3 Å². The first-order valence-corrected chi connectivity index (χ1v) is 8.38. The molecule has 0 aliphatic heterocycles. The summed E-state index contributed by atoms with van der Waals surface area (Å²) in [6.45, 7) is 9.59. The molecule has 0 spiro atoms. The number of carbonyl (C=O) groups is 1. The third-order valence-electron chi connectivity index (χ3n) is 4.32. The fourth-order valence-corrected chi connectivity index (χ4v) is 3.97. The molecule has 1 aromatic rings. The molecule has 0 bridgehead atoms. The van der Waals surface area contributed by atoms with Crippen LogP contribution in [-0.4, -0.2) is 14.3 Å². The highest BCUT2D eigenvalue weighted by Crippen LogP contribution is 2.63. The van der Waals surface area contributed by atoms with Crippen LogP contribution in [0.2, 0.25) is 0 Å². The third kappa shape index (κ3) is 2.62. The number of hydrogen-bond acceptors (Lipinski definition) is 3. The summed E-state index contributed by atoms with van der Waals surface area (Å²) < 4.78 is 26.8. The summed E-state index contributed by atoms with van der Waals surface area (Å²) in [5.74, 6) is -0.424. The zero-order valence-electron chi connectivity index (χ0n) is 12.6. The highest BCUT2D eigenvalue weighted by atomic mass is 32.2. The summed E-state index contributed by atoms with van der Waals surface area (Å²) in [6, 6.07) is 7.92. The van der Waals surface area contributed by atoms with Crippen LogP contribution in [0, 0.1) is 16.7 Å². The quantitative estimate of drug-likeness (QED) is 0.870. The van der Waals surface area contributed by atoms with Crippen LogP contribution >= 0.6 is 0 Å². The summed E-state index contributed by atoms with van der Waals surface area (Å²) in [4.78, 5) is 12.7. The maximum absolute atomic E-state index is 12.6. The average Bonchev–Trinajstić information content (AvgIpc) is 3.15. The SMILES string of the molecule is C=C[C@@H]1C[C@@]1(C(=O)NS(=O)(=O)c1ccccc1)C(C)(C)C. The van der Waals surface area contributed by atoms with Crippen molar-refractivity contribution in [3.63, 3.8) is 0 Å². The van der Waals surface area contributed by atoms with E-state index in [0.29, 0.717) is 6.42 Å². The number of nitrogens with one attached hydrogen (secondary N) is 1. The van der Waals surface area contributed by atoms with E-state index in [9.17, 15) is 13.2 Å². The van der Waals surface area contributed by atoms with Gasteiger partial charge in [-0.15, -0.1) is 6.58 Å². The van der Waals surface area contributed by atoms with Crippen molar-refractivity contribution in [3.8, 4) is 0 Å². The Hall–Kier alpha value is -1.62. The molecule has 5 heteroatoms. The molecule has 2 rings (SSSR count). The smallest absolute Gasteiger partial charge is 0.264 e. The fraction of sp³-hybridized carbons (Fsp3) is 0.438. The van der Waals surface area contributed by atoms with Crippen molar-refractivity contribution in [2.75, 3.05) is 0 Å². The Kier molecular flexibility index (Phi) is 3.74. The van der Waals surface area contributed by atoms with Crippen LogP contribution in [0.15, 0.2) is 47.9 Å². The van der Waals surface area contributed by atoms with E-state index in [2.05, 4.69) is 11.3 Å². The Bertz CT molecular complexity index is 659. The van der Waals surface area contributed by atoms with E-state index in [0.717, 1.165) is 0 Å². The van der Waals surface area contributed by atoms with E-state index in [1.54, 1.807) is 24.3 Å². The number of carbonyl (C=O) groups excluding carboxylic acids is 1. The number of amides is 1. The van der Waals surface area contributed by atoms with Gasteiger partial charge >= 0.3 is 0 Å². The lowest BCUT2D eigenvalue weighted by molar-refractivity contribution is -0.128. The molecule has 1 amide bonds. The van der Waals surface area contributed by atoms with Gasteiger partial charge in [-0.05, 0) is 29.9 Å². The minimum Gasteiger partial charge on any atom is -0.273 e. The standard InChI is InChI=1S/C16H21NO3S/c1-5-12-11-16(12,15(2,3)4)14(18)17-21(19,20)13-9-7-6-8-10-13/h5-10,12H,1,11H2,2-4H3,(H,17,18)/t12-,16-/m1/s1. The molecule has 1 fully saturated rings. The fourth-order valence-electron chi connectivity index (χ4n) is 2.91. The first-order valence-electron chi connectivity index (χ1n) is 6.90. The van der Waals surface area contributed by atoms with Gasteiger partial charge in [0.25, 0.3) is 10.0 Å². The van der Waals surface area contributed by atoms with Gasteiger partial charge in [0.1, 0.15) is 0 Å². The van der Waals surface area contributed by atoms with E-state index in [-0.39, 0.29) is 16.2 Å². The van der Waals surface area contributed by atoms with Crippen LogP contribution in [0.4, 0.5) is 0 Å². The molecular weight excluding hydrogens is 286 g/mol. The number of hydrogen-bond donors (Lipinski definition) is 1. The van der Waals surface area contributed by atoms with Gasteiger partial charge in [0.15, 0.2) is 0 Å². The first kappa shape index (κ1) is 15.8. The lowest BCUT2D eigenvalue weighted by Gasteiger charge is -2.30. The Balaban J connectivity index is 2.28. The van der Waals surface area contributed by atoms with Gasteiger partial charge in [-0.3, -0.25) is 4.79 Å². The maximum atomic E-state index is 12.6. The second-order valence-electron chi connectivity index (χ2n) is 6.52. The number of benzene rings is 1. The van der Waals surface area contributed by atoms with E-state index in [1.165, 1.54) is 12.1 Å². The molecule has 114 valence electrons. The van der Waals surface area contributed by atoms with Crippen molar-refractivity contribution < 1.29 is 13.2 Å². The van der Waals surface area contributed by atoms with Crippen LogP contribution in [0.3, 0.4) is 0 Å². The highest BCUT2D eigenvalue weighted by Gasteiger charge is 2.65. The molecule has 0 radical (unpaired) electrons. The molecule has 2 atom stereocenters. The summed E-state index contributed by atoms with van der Waals surface area (Å²) in [5, 5.41) is 0. The predicted octanol–water partition coefficient (Wildman–Crippen LogP) is 2.73. The van der Waals surface area contributed by atoms with Gasteiger partial charge in [-0.2, -0.15) is 0 Å². The summed E-state index contributed by atoms with van der Waals surface area (Å²) in [5.41, 5.74) is -1.03. The van der Waals surface area contributed by atoms with E-state index >= 15 is 0 Å². The molecule has 0 heterocycles.